The Morgan fingerprint density at radius 2 is 1.55 bits per heavy atom. The number of carbonyl (C=O) groups excluding carboxylic acids is 1. The van der Waals surface area contributed by atoms with Crippen LogP contribution in [0, 0.1) is 0 Å². The molecule has 0 saturated carbocycles. The number of fused-ring (bicyclic) bond motifs is 1. The number of hydrogen-bond acceptors (Lipinski definition) is 4. The number of carbonyl (C=O) groups is 1. The van der Waals surface area contributed by atoms with Gasteiger partial charge >= 0.3 is 0 Å². The Hall–Kier alpha value is -3.47. The summed E-state index contributed by atoms with van der Waals surface area (Å²) in [5, 5.41) is 2.95. The summed E-state index contributed by atoms with van der Waals surface area (Å²) in [4.78, 5) is 12.5. The molecule has 1 atom stereocenters. The molecule has 1 heterocycles. The van der Waals surface area contributed by atoms with Gasteiger partial charge in [-0.3, -0.25) is 4.79 Å². The molecule has 0 aliphatic carbocycles. The van der Waals surface area contributed by atoms with E-state index < -0.39 is 0 Å². The zero-order valence-corrected chi connectivity index (χ0v) is 16.7. The van der Waals surface area contributed by atoms with Crippen LogP contribution in [0.25, 0.3) is 11.1 Å². The summed E-state index contributed by atoms with van der Waals surface area (Å²) in [5.74, 6) is 1.42. The lowest BCUT2D eigenvalue weighted by molar-refractivity contribution is -0.116. The Labute approximate surface area is 170 Å². The van der Waals surface area contributed by atoms with E-state index in [2.05, 4.69) is 35.6 Å². The van der Waals surface area contributed by atoms with E-state index in [-0.39, 0.29) is 11.8 Å². The minimum Gasteiger partial charge on any atom is -0.493 e. The Bertz CT molecular complexity index is 1050. The fourth-order valence-electron chi connectivity index (χ4n) is 3.97. The number of hydrogen-bond donors (Lipinski definition) is 1. The predicted octanol–water partition coefficient (Wildman–Crippen LogP) is 4.85. The van der Waals surface area contributed by atoms with Crippen LogP contribution in [0.3, 0.4) is 0 Å². The number of methoxy groups -OCH3 is 3. The average molecular weight is 389 g/mol. The number of amides is 1. The topological polar surface area (TPSA) is 56.8 Å². The molecule has 0 spiro atoms. The summed E-state index contributed by atoms with van der Waals surface area (Å²) < 4.78 is 16.7. The van der Waals surface area contributed by atoms with Crippen LogP contribution in [0.15, 0.2) is 60.7 Å². The molecule has 0 fully saturated rings. The van der Waals surface area contributed by atoms with E-state index in [1.165, 1.54) is 0 Å². The van der Waals surface area contributed by atoms with E-state index in [1.54, 1.807) is 27.4 Å². The van der Waals surface area contributed by atoms with E-state index in [9.17, 15) is 4.79 Å². The Morgan fingerprint density at radius 1 is 0.828 bits per heavy atom. The van der Waals surface area contributed by atoms with Gasteiger partial charge in [0.15, 0.2) is 11.5 Å². The van der Waals surface area contributed by atoms with Gasteiger partial charge in [0.05, 0.1) is 27.0 Å². The van der Waals surface area contributed by atoms with E-state index in [0.29, 0.717) is 29.4 Å². The molecule has 1 aliphatic heterocycles. The van der Waals surface area contributed by atoms with Crippen molar-refractivity contribution < 1.29 is 19.0 Å². The van der Waals surface area contributed by atoms with Gasteiger partial charge in [0.25, 0.3) is 0 Å². The molecule has 1 N–H and O–H groups in total. The van der Waals surface area contributed by atoms with Crippen LogP contribution in [-0.4, -0.2) is 27.2 Å². The molecule has 0 aromatic heterocycles. The smallest absolute Gasteiger partial charge is 0.225 e. The van der Waals surface area contributed by atoms with Gasteiger partial charge in [-0.05, 0) is 16.7 Å². The van der Waals surface area contributed by atoms with Crippen LogP contribution in [0.2, 0.25) is 0 Å². The average Bonchev–Trinajstić information content (AvgIpc) is 2.77. The monoisotopic (exact) mass is 389 g/mol. The summed E-state index contributed by atoms with van der Waals surface area (Å²) in [6.45, 7) is 0. The van der Waals surface area contributed by atoms with E-state index in [4.69, 9.17) is 14.2 Å². The van der Waals surface area contributed by atoms with Crippen molar-refractivity contribution in [2.45, 2.75) is 12.3 Å². The maximum atomic E-state index is 12.5. The quantitative estimate of drug-likeness (QED) is 0.677. The van der Waals surface area contributed by atoms with Crippen molar-refractivity contribution in [3.8, 4) is 28.4 Å². The minimum absolute atomic E-state index is 0.0399. The Morgan fingerprint density at radius 3 is 2.24 bits per heavy atom. The number of rotatable bonds is 5. The maximum Gasteiger partial charge on any atom is 0.225 e. The van der Waals surface area contributed by atoms with Crippen LogP contribution in [0.4, 0.5) is 5.69 Å². The van der Waals surface area contributed by atoms with E-state index in [0.717, 1.165) is 22.3 Å². The van der Waals surface area contributed by atoms with Crippen LogP contribution in [0.1, 0.15) is 23.5 Å². The highest BCUT2D eigenvalue weighted by Gasteiger charge is 2.33. The summed E-state index contributed by atoms with van der Waals surface area (Å²) in [6.07, 6.45) is 0.330. The van der Waals surface area contributed by atoms with Crippen molar-refractivity contribution in [2.24, 2.45) is 0 Å². The van der Waals surface area contributed by atoms with Crippen LogP contribution >= 0.6 is 0 Å². The zero-order valence-electron chi connectivity index (χ0n) is 16.7. The Kier molecular flexibility index (Phi) is 5.12. The lowest BCUT2D eigenvalue weighted by Crippen LogP contribution is -2.24. The van der Waals surface area contributed by atoms with Crippen molar-refractivity contribution in [1.29, 1.82) is 0 Å². The van der Waals surface area contributed by atoms with Gasteiger partial charge in [-0.25, -0.2) is 0 Å². The van der Waals surface area contributed by atoms with Crippen molar-refractivity contribution in [3.63, 3.8) is 0 Å². The van der Waals surface area contributed by atoms with Gasteiger partial charge in [-0.2, -0.15) is 0 Å². The summed E-state index contributed by atoms with van der Waals surface area (Å²) in [6, 6.07) is 20.3. The molecule has 5 nitrogen and oxygen atoms in total. The number of ether oxygens (including phenoxy) is 3. The molecule has 3 aromatic rings. The molecule has 4 rings (SSSR count). The molecule has 3 aromatic carbocycles. The lowest BCUT2D eigenvalue weighted by atomic mass is 9.83. The van der Waals surface area contributed by atoms with Crippen LogP contribution < -0.4 is 19.5 Å². The largest absolute Gasteiger partial charge is 0.493 e. The van der Waals surface area contributed by atoms with Crippen LogP contribution in [0.5, 0.6) is 17.2 Å². The number of anilines is 1. The molecule has 1 amide bonds. The van der Waals surface area contributed by atoms with Gasteiger partial charge in [0.1, 0.15) is 0 Å². The lowest BCUT2D eigenvalue weighted by Gasteiger charge is -2.29. The standard InChI is InChI=1S/C24H23NO4/c1-27-20-14-19-22(24(29-3)23(20)28-2)18(13-21(26)25-19)17-11-7-10-16(12-17)15-8-5-4-6-9-15/h4-12,14,18H,13H2,1-3H3,(H,25,26). The highest BCUT2D eigenvalue weighted by molar-refractivity contribution is 5.97. The Balaban J connectivity index is 1.88. The van der Waals surface area contributed by atoms with Gasteiger partial charge in [0.2, 0.25) is 11.7 Å². The molecule has 5 heteroatoms. The molecule has 1 unspecified atom stereocenters. The third-order valence-electron chi connectivity index (χ3n) is 5.28. The fourth-order valence-corrected chi connectivity index (χ4v) is 3.97. The summed E-state index contributed by atoms with van der Waals surface area (Å²) >= 11 is 0. The molecule has 29 heavy (non-hydrogen) atoms. The first kappa shape index (κ1) is 18.9. The molecule has 1 aliphatic rings. The van der Waals surface area contributed by atoms with Gasteiger partial charge < -0.3 is 19.5 Å². The van der Waals surface area contributed by atoms with Crippen molar-refractivity contribution in [3.05, 3.63) is 71.8 Å². The highest BCUT2D eigenvalue weighted by Crippen LogP contribution is 2.51. The second-order valence-corrected chi connectivity index (χ2v) is 6.90. The number of benzene rings is 3. The normalized spacial score (nSPS) is 15.3. The third-order valence-corrected chi connectivity index (χ3v) is 5.28. The SMILES string of the molecule is COc1cc2c(c(OC)c1OC)C(c1cccc(-c3ccccc3)c1)CC(=O)N2. The molecular weight excluding hydrogens is 366 g/mol. The van der Waals surface area contributed by atoms with Gasteiger partial charge in [-0.15, -0.1) is 0 Å². The van der Waals surface area contributed by atoms with Crippen molar-refractivity contribution in [1.82, 2.24) is 0 Å². The minimum atomic E-state index is -0.155. The second kappa shape index (κ2) is 7.87. The molecule has 0 radical (unpaired) electrons. The third kappa shape index (κ3) is 3.40. The highest BCUT2D eigenvalue weighted by atomic mass is 16.5. The molecular formula is C24H23NO4. The van der Waals surface area contributed by atoms with Crippen LogP contribution in [-0.2, 0) is 4.79 Å². The predicted molar refractivity (Wildman–Crippen MR) is 113 cm³/mol. The zero-order chi connectivity index (χ0) is 20.4. The van der Waals surface area contributed by atoms with Crippen molar-refractivity contribution in [2.75, 3.05) is 26.6 Å². The first-order valence-electron chi connectivity index (χ1n) is 9.44. The summed E-state index contributed by atoms with van der Waals surface area (Å²) in [7, 11) is 4.75. The fraction of sp³-hybridized carbons (Fsp3) is 0.208. The van der Waals surface area contributed by atoms with E-state index >= 15 is 0 Å². The molecule has 0 saturated heterocycles. The van der Waals surface area contributed by atoms with Gasteiger partial charge in [0, 0.05) is 24.0 Å². The van der Waals surface area contributed by atoms with Crippen molar-refractivity contribution >= 4 is 11.6 Å². The van der Waals surface area contributed by atoms with Gasteiger partial charge in [-0.1, -0.05) is 54.6 Å². The first-order valence-corrected chi connectivity index (χ1v) is 9.44. The first-order chi connectivity index (χ1) is 14.2. The summed E-state index contributed by atoms with van der Waals surface area (Å²) in [5.41, 5.74) is 4.87. The molecule has 0 bridgehead atoms. The number of nitrogens with one attached hydrogen (secondary N) is 1. The molecule has 148 valence electrons. The van der Waals surface area contributed by atoms with E-state index in [1.807, 2.05) is 24.3 Å². The second-order valence-electron chi connectivity index (χ2n) is 6.90. The maximum absolute atomic E-state index is 12.5.